The van der Waals surface area contributed by atoms with Crippen LogP contribution < -0.4 is 5.56 Å². The van der Waals surface area contributed by atoms with Gasteiger partial charge < -0.3 is 9.13 Å². The van der Waals surface area contributed by atoms with Gasteiger partial charge in [0.1, 0.15) is 0 Å². The Bertz CT molecular complexity index is 622. The van der Waals surface area contributed by atoms with Crippen molar-refractivity contribution in [2.45, 2.75) is 11.6 Å². The summed E-state index contributed by atoms with van der Waals surface area (Å²) in [5, 5.41) is 9.20. The summed E-state index contributed by atoms with van der Waals surface area (Å²) in [4.78, 5) is 11.4. The number of aryl methyl sites for hydroxylation is 1. The first-order chi connectivity index (χ1) is 9.13. The molecule has 2 heterocycles. The van der Waals surface area contributed by atoms with Gasteiger partial charge in [-0.05, 0) is 12.5 Å². The summed E-state index contributed by atoms with van der Waals surface area (Å²) in [5.41, 5.74) is 0.837. The van der Waals surface area contributed by atoms with Crippen LogP contribution in [0.1, 0.15) is 6.42 Å². The van der Waals surface area contributed by atoms with Gasteiger partial charge in [-0.2, -0.15) is 0 Å². The van der Waals surface area contributed by atoms with Crippen LogP contribution in [0.15, 0.2) is 28.3 Å². The molecular formula is C12H15ClN4OS. The summed E-state index contributed by atoms with van der Waals surface area (Å²) >= 11 is 7.28. The number of alkyl halides is 1. The van der Waals surface area contributed by atoms with Crippen molar-refractivity contribution in [1.82, 2.24) is 19.3 Å². The maximum Gasteiger partial charge on any atom is 0.250 e. The molecule has 0 amide bonds. The van der Waals surface area contributed by atoms with Gasteiger partial charge >= 0.3 is 0 Å². The Balaban J connectivity index is 2.25. The number of pyridine rings is 1. The van der Waals surface area contributed by atoms with E-state index in [2.05, 4.69) is 10.2 Å². The predicted octanol–water partition coefficient (Wildman–Crippen LogP) is 1.90. The molecule has 0 N–H and O–H groups in total. The Kier molecular flexibility index (Phi) is 4.66. The maximum absolute atomic E-state index is 11.4. The average molecular weight is 299 g/mol. The first-order valence-corrected chi connectivity index (χ1v) is 7.40. The van der Waals surface area contributed by atoms with Gasteiger partial charge in [-0.25, -0.2) is 0 Å². The van der Waals surface area contributed by atoms with Gasteiger partial charge in [-0.1, -0.05) is 11.8 Å². The van der Waals surface area contributed by atoms with Crippen LogP contribution in [0.5, 0.6) is 0 Å². The maximum atomic E-state index is 11.4. The molecule has 0 spiro atoms. The number of halogens is 1. The third kappa shape index (κ3) is 3.19. The van der Waals surface area contributed by atoms with Crippen molar-refractivity contribution >= 4 is 23.4 Å². The second kappa shape index (κ2) is 6.25. The van der Waals surface area contributed by atoms with Gasteiger partial charge in [0, 0.05) is 43.6 Å². The first-order valence-electron chi connectivity index (χ1n) is 5.88. The summed E-state index contributed by atoms with van der Waals surface area (Å²) in [5.74, 6) is 2.32. The number of hydrogen-bond acceptors (Lipinski definition) is 4. The normalized spacial score (nSPS) is 10.9. The molecule has 7 heteroatoms. The van der Waals surface area contributed by atoms with Crippen LogP contribution in [0.25, 0.3) is 11.4 Å². The fourth-order valence-electron chi connectivity index (χ4n) is 1.64. The Morgan fingerprint density at radius 3 is 2.79 bits per heavy atom. The SMILES string of the molecule is Cn1c(SCCCCl)nnc1-c1ccc(=O)n(C)c1. The quantitative estimate of drug-likeness (QED) is 0.481. The molecule has 19 heavy (non-hydrogen) atoms. The van der Waals surface area contributed by atoms with Crippen LogP contribution in [0.4, 0.5) is 0 Å². The van der Waals surface area contributed by atoms with Gasteiger partial charge in [0.05, 0.1) is 0 Å². The molecule has 0 unspecified atom stereocenters. The van der Waals surface area contributed by atoms with E-state index in [0.717, 1.165) is 28.7 Å². The molecule has 0 aliphatic rings. The zero-order valence-corrected chi connectivity index (χ0v) is 12.4. The van der Waals surface area contributed by atoms with E-state index in [1.807, 2.05) is 11.6 Å². The van der Waals surface area contributed by atoms with E-state index in [-0.39, 0.29) is 5.56 Å². The predicted molar refractivity (Wildman–Crippen MR) is 77.7 cm³/mol. The zero-order chi connectivity index (χ0) is 13.8. The monoisotopic (exact) mass is 298 g/mol. The third-order valence-electron chi connectivity index (χ3n) is 2.69. The fourth-order valence-corrected chi connectivity index (χ4v) is 2.78. The molecule has 0 aromatic carbocycles. The van der Waals surface area contributed by atoms with Crippen LogP contribution in [0.2, 0.25) is 0 Å². The summed E-state index contributed by atoms with van der Waals surface area (Å²) in [7, 11) is 3.64. The first kappa shape index (κ1) is 14.1. The van der Waals surface area contributed by atoms with Gasteiger partial charge in [0.25, 0.3) is 0 Å². The molecule has 2 aromatic heterocycles. The van der Waals surface area contributed by atoms with E-state index in [0.29, 0.717) is 5.88 Å². The number of aromatic nitrogens is 4. The highest BCUT2D eigenvalue weighted by atomic mass is 35.5. The number of rotatable bonds is 5. The molecule has 2 aromatic rings. The minimum atomic E-state index is -0.0392. The Morgan fingerprint density at radius 1 is 1.32 bits per heavy atom. The molecular weight excluding hydrogens is 284 g/mol. The van der Waals surface area contributed by atoms with Gasteiger partial charge in [0.15, 0.2) is 11.0 Å². The second-order valence-corrected chi connectivity index (χ2v) is 5.56. The Hall–Kier alpha value is -1.27. The summed E-state index contributed by atoms with van der Waals surface area (Å²) in [6.07, 6.45) is 2.70. The third-order valence-corrected chi connectivity index (χ3v) is 4.06. The molecule has 0 aliphatic heterocycles. The molecule has 102 valence electrons. The van der Waals surface area contributed by atoms with Crippen molar-refractivity contribution in [2.24, 2.45) is 14.1 Å². The van der Waals surface area contributed by atoms with Crippen LogP contribution in [0, 0.1) is 0 Å². The van der Waals surface area contributed by atoms with E-state index < -0.39 is 0 Å². The van der Waals surface area contributed by atoms with Crippen molar-refractivity contribution in [3.05, 3.63) is 28.7 Å². The molecule has 0 fully saturated rings. The lowest BCUT2D eigenvalue weighted by Gasteiger charge is -2.04. The highest BCUT2D eigenvalue weighted by Crippen LogP contribution is 2.22. The molecule has 0 atom stereocenters. The molecule has 0 saturated carbocycles. The molecule has 2 rings (SSSR count). The summed E-state index contributed by atoms with van der Waals surface area (Å²) in [6, 6.07) is 3.30. The fraction of sp³-hybridized carbons (Fsp3) is 0.417. The van der Waals surface area contributed by atoms with E-state index in [1.54, 1.807) is 31.1 Å². The largest absolute Gasteiger partial charge is 0.318 e. The smallest absolute Gasteiger partial charge is 0.250 e. The van der Waals surface area contributed by atoms with E-state index in [4.69, 9.17) is 11.6 Å². The minimum absolute atomic E-state index is 0.0392. The highest BCUT2D eigenvalue weighted by molar-refractivity contribution is 7.99. The lowest BCUT2D eigenvalue weighted by molar-refractivity contribution is 0.790. The van der Waals surface area contributed by atoms with E-state index in [1.165, 1.54) is 10.6 Å². The standard InChI is InChI=1S/C12H15ClN4OS/c1-16-8-9(4-5-10(16)18)11-14-15-12(17(11)2)19-7-3-6-13/h4-5,8H,3,6-7H2,1-2H3. The molecule has 0 aliphatic carbocycles. The van der Waals surface area contributed by atoms with Crippen molar-refractivity contribution < 1.29 is 0 Å². The van der Waals surface area contributed by atoms with Crippen molar-refractivity contribution in [3.8, 4) is 11.4 Å². The lowest BCUT2D eigenvalue weighted by Crippen LogP contribution is -2.14. The number of nitrogens with zero attached hydrogens (tertiary/aromatic N) is 4. The number of hydrogen-bond donors (Lipinski definition) is 0. The Labute approximate surface area is 120 Å². The summed E-state index contributed by atoms with van der Waals surface area (Å²) < 4.78 is 3.46. The molecule has 0 bridgehead atoms. The second-order valence-electron chi connectivity index (χ2n) is 4.12. The topological polar surface area (TPSA) is 52.7 Å². The highest BCUT2D eigenvalue weighted by Gasteiger charge is 2.11. The van der Waals surface area contributed by atoms with Crippen LogP contribution in [-0.4, -0.2) is 31.0 Å². The summed E-state index contributed by atoms with van der Waals surface area (Å²) in [6.45, 7) is 0. The average Bonchev–Trinajstić information content (AvgIpc) is 2.75. The van der Waals surface area contributed by atoms with Crippen LogP contribution in [0.3, 0.4) is 0 Å². The zero-order valence-electron chi connectivity index (χ0n) is 10.8. The molecule has 0 radical (unpaired) electrons. The number of thioether (sulfide) groups is 1. The van der Waals surface area contributed by atoms with Crippen molar-refractivity contribution in [3.63, 3.8) is 0 Å². The van der Waals surface area contributed by atoms with Crippen molar-refractivity contribution in [1.29, 1.82) is 0 Å². The van der Waals surface area contributed by atoms with Gasteiger partial charge in [-0.15, -0.1) is 21.8 Å². The molecule has 0 saturated heterocycles. The molecule has 5 nitrogen and oxygen atoms in total. The minimum Gasteiger partial charge on any atom is -0.318 e. The van der Waals surface area contributed by atoms with Crippen molar-refractivity contribution in [2.75, 3.05) is 11.6 Å². The van der Waals surface area contributed by atoms with E-state index in [9.17, 15) is 4.79 Å². The van der Waals surface area contributed by atoms with Crippen LogP contribution in [-0.2, 0) is 14.1 Å². The lowest BCUT2D eigenvalue weighted by atomic mass is 10.2. The van der Waals surface area contributed by atoms with Gasteiger partial charge in [-0.3, -0.25) is 4.79 Å². The van der Waals surface area contributed by atoms with Crippen LogP contribution >= 0.6 is 23.4 Å². The van der Waals surface area contributed by atoms with Gasteiger partial charge in [0.2, 0.25) is 5.56 Å². The Morgan fingerprint density at radius 2 is 2.11 bits per heavy atom. The van der Waals surface area contributed by atoms with E-state index >= 15 is 0 Å².